The number of fused-ring (bicyclic) bond motifs is 3. The summed E-state index contributed by atoms with van der Waals surface area (Å²) in [6.07, 6.45) is 4.29. The van der Waals surface area contributed by atoms with Crippen LogP contribution in [0.3, 0.4) is 0 Å². The zero-order chi connectivity index (χ0) is 13.8. The average molecular weight is 257 g/mol. The van der Waals surface area contributed by atoms with E-state index in [-0.39, 0.29) is 5.41 Å². The van der Waals surface area contributed by atoms with Gasteiger partial charge in [-0.05, 0) is 41.7 Å². The van der Waals surface area contributed by atoms with Gasteiger partial charge in [0, 0.05) is 11.3 Å². The van der Waals surface area contributed by atoms with E-state index in [1.165, 1.54) is 23.2 Å². The number of pyridine rings is 1. The molecule has 1 aliphatic carbocycles. The van der Waals surface area contributed by atoms with E-state index in [0.29, 0.717) is 11.8 Å². The molecule has 0 saturated heterocycles. The van der Waals surface area contributed by atoms with Crippen molar-refractivity contribution in [3.63, 3.8) is 0 Å². The third-order valence-corrected chi connectivity index (χ3v) is 4.42. The Morgan fingerprint density at radius 2 is 2.05 bits per heavy atom. The lowest BCUT2D eigenvalue weighted by Crippen LogP contribution is -2.15. The van der Waals surface area contributed by atoms with Crippen molar-refractivity contribution in [2.45, 2.75) is 58.8 Å². The fourth-order valence-electron chi connectivity index (χ4n) is 3.34. The maximum absolute atomic E-state index is 4.35. The molecule has 0 amide bonds. The molecule has 3 nitrogen and oxygen atoms in total. The van der Waals surface area contributed by atoms with Gasteiger partial charge in [-0.25, -0.2) is 0 Å². The molecule has 0 N–H and O–H groups in total. The highest BCUT2D eigenvalue weighted by Gasteiger charge is 2.30. The van der Waals surface area contributed by atoms with Crippen LogP contribution < -0.4 is 0 Å². The van der Waals surface area contributed by atoms with Crippen LogP contribution in [-0.4, -0.2) is 14.6 Å². The predicted octanol–water partition coefficient (Wildman–Crippen LogP) is 3.71. The molecule has 0 radical (unpaired) electrons. The van der Waals surface area contributed by atoms with E-state index >= 15 is 0 Å². The highest BCUT2D eigenvalue weighted by atomic mass is 15.2. The van der Waals surface area contributed by atoms with Gasteiger partial charge in [-0.15, -0.1) is 10.2 Å². The molecule has 0 saturated carbocycles. The van der Waals surface area contributed by atoms with E-state index < -0.39 is 0 Å². The van der Waals surface area contributed by atoms with Crippen molar-refractivity contribution in [3.05, 3.63) is 29.2 Å². The number of hydrogen-bond donors (Lipinski definition) is 0. The first-order valence-electron chi connectivity index (χ1n) is 7.25. The van der Waals surface area contributed by atoms with Gasteiger partial charge < -0.3 is 0 Å². The van der Waals surface area contributed by atoms with Gasteiger partial charge in [0.05, 0.1) is 0 Å². The zero-order valence-corrected chi connectivity index (χ0v) is 12.6. The van der Waals surface area contributed by atoms with Gasteiger partial charge in [-0.3, -0.25) is 4.40 Å². The summed E-state index contributed by atoms with van der Waals surface area (Å²) in [4.78, 5) is 0. The third-order valence-electron chi connectivity index (χ3n) is 4.42. The minimum Gasteiger partial charge on any atom is -0.285 e. The quantitative estimate of drug-likeness (QED) is 0.779. The van der Waals surface area contributed by atoms with Gasteiger partial charge in [0.1, 0.15) is 6.33 Å². The second-order valence-corrected chi connectivity index (χ2v) is 7.12. The molecule has 1 atom stereocenters. The summed E-state index contributed by atoms with van der Waals surface area (Å²) < 4.78 is 2.22. The lowest BCUT2D eigenvalue weighted by Gasteiger charge is -2.23. The lowest BCUT2D eigenvalue weighted by atomic mass is 9.84. The van der Waals surface area contributed by atoms with Crippen molar-refractivity contribution < 1.29 is 0 Å². The van der Waals surface area contributed by atoms with Gasteiger partial charge in [-0.2, -0.15) is 0 Å². The first-order valence-corrected chi connectivity index (χ1v) is 7.25. The summed E-state index contributed by atoms with van der Waals surface area (Å²) in [6, 6.07) is 2.40. The zero-order valence-electron chi connectivity index (χ0n) is 12.6. The van der Waals surface area contributed by atoms with E-state index in [9.17, 15) is 0 Å². The Morgan fingerprint density at radius 3 is 2.68 bits per heavy atom. The van der Waals surface area contributed by atoms with Crippen molar-refractivity contribution in [1.29, 1.82) is 0 Å². The van der Waals surface area contributed by atoms with Crippen LogP contribution in [0.25, 0.3) is 5.65 Å². The van der Waals surface area contributed by atoms with Crippen LogP contribution in [0.4, 0.5) is 0 Å². The monoisotopic (exact) mass is 257 g/mol. The van der Waals surface area contributed by atoms with Crippen molar-refractivity contribution in [1.82, 2.24) is 14.6 Å². The Balaban J connectivity index is 2.30. The molecular formula is C16H23N3. The van der Waals surface area contributed by atoms with Crippen LogP contribution in [0.2, 0.25) is 0 Å². The molecule has 19 heavy (non-hydrogen) atoms. The first kappa shape index (κ1) is 12.6. The van der Waals surface area contributed by atoms with Gasteiger partial charge in [-0.1, -0.05) is 34.6 Å². The fraction of sp³-hybridized carbons (Fsp3) is 0.625. The highest BCUT2D eigenvalue weighted by Crippen LogP contribution is 2.41. The predicted molar refractivity (Wildman–Crippen MR) is 77.6 cm³/mol. The molecule has 0 spiro atoms. The van der Waals surface area contributed by atoms with E-state index in [0.717, 1.165) is 12.1 Å². The lowest BCUT2D eigenvalue weighted by molar-refractivity contribution is 0.494. The van der Waals surface area contributed by atoms with Crippen molar-refractivity contribution in [2.24, 2.45) is 5.92 Å². The van der Waals surface area contributed by atoms with Crippen LogP contribution in [0.15, 0.2) is 12.4 Å². The Hall–Kier alpha value is -1.38. The molecule has 1 unspecified atom stereocenters. The Morgan fingerprint density at radius 1 is 1.32 bits per heavy atom. The van der Waals surface area contributed by atoms with Crippen LogP contribution in [0.5, 0.6) is 0 Å². The van der Waals surface area contributed by atoms with Crippen LogP contribution in [0.1, 0.15) is 63.8 Å². The summed E-state index contributed by atoms with van der Waals surface area (Å²) in [6.45, 7) is 11.4. The Bertz CT molecular complexity index is 617. The van der Waals surface area contributed by atoms with E-state index in [1.54, 1.807) is 0 Å². The molecule has 0 aliphatic heterocycles. The summed E-state index contributed by atoms with van der Waals surface area (Å²) in [7, 11) is 0. The van der Waals surface area contributed by atoms with Crippen molar-refractivity contribution in [3.8, 4) is 0 Å². The topological polar surface area (TPSA) is 30.2 Å². The first-order chi connectivity index (χ1) is 8.89. The number of aromatic nitrogens is 3. The average Bonchev–Trinajstić information content (AvgIpc) is 2.91. The second-order valence-electron chi connectivity index (χ2n) is 7.12. The Labute approximate surface area is 115 Å². The second kappa shape index (κ2) is 4.06. The van der Waals surface area contributed by atoms with Gasteiger partial charge >= 0.3 is 0 Å². The van der Waals surface area contributed by atoms with E-state index in [4.69, 9.17) is 0 Å². The molecule has 0 bridgehead atoms. The summed E-state index contributed by atoms with van der Waals surface area (Å²) in [5.41, 5.74) is 5.40. The van der Waals surface area contributed by atoms with Crippen molar-refractivity contribution >= 4 is 5.65 Å². The van der Waals surface area contributed by atoms with Gasteiger partial charge in [0.15, 0.2) is 5.65 Å². The summed E-state index contributed by atoms with van der Waals surface area (Å²) in [5.74, 6) is 1.38. The summed E-state index contributed by atoms with van der Waals surface area (Å²) in [5, 5.41) is 8.48. The number of hydrogen-bond acceptors (Lipinski definition) is 2. The Kier molecular flexibility index (Phi) is 2.70. The van der Waals surface area contributed by atoms with Crippen LogP contribution in [0, 0.1) is 5.92 Å². The van der Waals surface area contributed by atoms with Gasteiger partial charge in [0.25, 0.3) is 0 Å². The SMILES string of the molecule is CC(C)C1CCc2c1cc(C(C)(C)C)c1nncn21. The molecule has 2 aromatic heterocycles. The molecule has 2 aromatic rings. The molecule has 0 aromatic carbocycles. The minimum absolute atomic E-state index is 0.105. The number of rotatable bonds is 1. The molecule has 3 rings (SSSR count). The smallest absolute Gasteiger partial charge is 0.164 e. The molecule has 2 heterocycles. The van der Waals surface area contributed by atoms with Crippen LogP contribution >= 0.6 is 0 Å². The van der Waals surface area contributed by atoms with Crippen LogP contribution in [-0.2, 0) is 11.8 Å². The maximum Gasteiger partial charge on any atom is 0.164 e. The molecule has 3 heteroatoms. The fourth-order valence-corrected chi connectivity index (χ4v) is 3.34. The van der Waals surface area contributed by atoms with E-state index in [2.05, 4.69) is 55.3 Å². The van der Waals surface area contributed by atoms with E-state index in [1.807, 2.05) is 6.33 Å². The normalized spacial score (nSPS) is 19.4. The molecule has 0 fully saturated rings. The maximum atomic E-state index is 4.35. The highest BCUT2D eigenvalue weighted by molar-refractivity contribution is 5.55. The third kappa shape index (κ3) is 1.87. The molecule has 1 aliphatic rings. The number of aryl methyl sites for hydroxylation is 1. The number of nitrogens with zero attached hydrogens (tertiary/aromatic N) is 3. The molecular weight excluding hydrogens is 234 g/mol. The summed E-state index contributed by atoms with van der Waals surface area (Å²) >= 11 is 0. The largest absolute Gasteiger partial charge is 0.285 e. The minimum atomic E-state index is 0.105. The standard InChI is InChI=1S/C16H23N3/c1-10(2)11-6-7-14-12(11)8-13(16(3,4)5)15-18-17-9-19(14)15/h8-11H,6-7H2,1-5H3. The van der Waals surface area contributed by atoms with Crippen molar-refractivity contribution in [2.75, 3.05) is 0 Å². The molecule has 102 valence electrons. The van der Waals surface area contributed by atoms with Gasteiger partial charge in [0.2, 0.25) is 0 Å².